The molecule has 4 heteroatoms. The smallest absolute Gasteiger partial charge is 0.354 e. The predicted octanol–water partition coefficient (Wildman–Crippen LogP) is 3.42. The van der Waals surface area contributed by atoms with Crippen molar-refractivity contribution in [2.45, 2.75) is 20.3 Å². The van der Waals surface area contributed by atoms with Crippen LogP contribution in [0.3, 0.4) is 0 Å². The highest BCUT2D eigenvalue weighted by Crippen LogP contribution is 2.31. The van der Waals surface area contributed by atoms with E-state index in [0.29, 0.717) is 11.8 Å². The molecule has 2 aromatic rings. The van der Waals surface area contributed by atoms with Crippen LogP contribution in [0.2, 0.25) is 0 Å². The van der Waals surface area contributed by atoms with Gasteiger partial charge in [-0.1, -0.05) is 38.1 Å². The summed E-state index contributed by atoms with van der Waals surface area (Å²) in [5.74, 6) is 1.13. The number of benzene rings is 1. The third-order valence-electron chi connectivity index (χ3n) is 4.57. The van der Waals surface area contributed by atoms with Crippen LogP contribution in [-0.4, -0.2) is 29.1 Å². The van der Waals surface area contributed by atoms with E-state index < -0.39 is 5.97 Å². The number of hydrogen-bond acceptors (Lipinski definition) is 3. The van der Waals surface area contributed by atoms with Gasteiger partial charge in [-0.25, -0.2) is 9.78 Å². The Hall–Kier alpha value is -2.10. The van der Waals surface area contributed by atoms with Crippen LogP contribution in [0.5, 0.6) is 0 Å². The Kier molecular flexibility index (Phi) is 3.53. The van der Waals surface area contributed by atoms with Gasteiger partial charge in [0.25, 0.3) is 0 Å². The molecule has 0 radical (unpaired) electrons. The molecule has 2 heterocycles. The van der Waals surface area contributed by atoms with Crippen molar-refractivity contribution in [2.75, 3.05) is 18.0 Å². The molecule has 3 rings (SSSR count). The Balaban J connectivity index is 2.10. The standard InChI is InChI=1S/C17H20N2O2/c1-11-7-8-19(10-12(11)2)16-14-6-4-3-5-13(14)9-15(18-16)17(20)21/h3-6,9,11-12H,7-8,10H2,1-2H3,(H,20,21). The minimum atomic E-state index is -0.972. The second kappa shape index (κ2) is 5.35. The maximum Gasteiger partial charge on any atom is 0.354 e. The van der Waals surface area contributed by atoms with Crippen LogP contribution in [0, 0.1) is 11.8 Å². The molecule has 0 amide bonds. The lowest BCUT2D eigenvalue weighted by atomic mass is 9.88. The molecule has 2 unspecified atom stereocenters. The maximum absolute atomic E-state index is 11.3. The average Bonchev–Trinajstić information content (AvgIpc) is 2.49. The minimum Gasteiger partial charge on any atom is -0.477 e. The Labute approximate surface area is 124 Å². The first-order valence-corrected chi connectivity index (χ1v) is 7.44. The van der Waals surface area contributed by atoms with Gasteiger partial charge in [0.2, 0.25) is 0 Å². The van der Waals surface area contributed by atoms with Gasteiger partial charge in [0.1, 0.15) is 5.82 Å². The lowest BCUT2D eigenvalue weighted by Crippen LogP contribution is -2.39. The fourth-order valence-electron chi connectivity index (χ4n) is 2.99. The normalized spacial score (nSPS) is 22.5. The van der Waals surface area contributed by atoms with Crippen molar-refractivity contribution in [2.24, 2.45) is 11.8 Å². The highest BCUT2D eigenvalue weighted by atomic mass is 16.4. The summed E-state index contributed by atoms with van der Waals surface area (Å²) >= 11 is 0. The number of aromatic carboxylic acids is 1. The molecule has 0 saturated carbocycles. The molecule has 1 aliphatic rings. The van der Waals surface area contributed by atoms with Crippen LogP contribution in [0.25, 0.3) is 10.8 Å². The molecular formula is C17H20N2O2. The van der Waals surface area contributed by atoms with Gasteiger partial charge in [0, 0.05) is 18.5 Å². The Morgan fingerprint density at radius 2 is 2.05 bits per heavy atom. The number of aromatic nitrogens is 1. The number of anilines is 1. The Bertz CT molecular complexity index is 684. The minimum absolute atomic E-state index is 0.120. The highest BCUT2D eigenvalue weighted by Gasteiger charge is 2.25. The van der Waals surface area contributed by atoms with Gasteiger partial charge < -0.3 is 10.0 Å². The summed E-state index contributed by atoms with van der Waals surface area (Å²) in [5.41, 5.74) is 0.120. The summed E-state index contributed by atoms with van der Waals surface area (Å²) in [7, 11) is 0. The van der Waals surface area contributed by atoms with Gasteiger partial charge >= 0.3 is 5.97 Å². The molecule has 0 bridgehead atoms. The van der Waals surface area contributed by atoms with E-state index in [-0.39, 0.29) is 5.69 Å². The molecule has 1 N–H and O–H groups in total. The largest absolute Gasteiger partial charge is 0.477 e. The van der Waals surface area contributed by atoms with Crippen LogP contribution in [-0.2, 0) is 0 Å². The first kappa shape index (κ1) is 13.9. The number of nitrogens with zero attached hydrogens (tertiary/aromatic N) is 2. The van der Waals surface area contributed by atoms with E-state index in [9.17, 15) is 9.90 Å². The number of rotatable bonds is 2. The van der Waals surface area contributed by atoms with Crippen molar-refractivity contribution in [3.63, 3.8) is 0 Å². The Morgan fingerprint density at radius 3 is 2.76 bits per heavy atom. The second-order valence-corrected chi connectivity index (χ2v) is 6.05. The number of piperidine rings is 1. The van der Waals surface area contributed by atoms with Crippen molar-refractivity contribution < 1.29 is 9.90 Å². The van der Waals surface area contributed by atoms with Crippen LogP contribution >= 0.6 is 0 Å². The summed E-state index contributed by atoms with van der Waals surface area (Å²) in [5, 5.41) is 11.2. The number of carboxylic acids is 1. The van der Waals surface area contributed by atoms with E-state index in [1.807, 2.05) is 24.3 Å². The first-order valence-electron chi connectivity index (χ1n) is 7.44. The van der Waals surface area contributed by atoms with E-state index in [1.54, 1.807) is 6.07 Å². The number of carbonyl (C=O) groups is 1. The van der Waals surface area contributed by atoms with Crippen LogP contribution < -0.4 is 4.90 Å². The SMILES string of the molecule is CC1CCN(c2nc(C(=O)O)cc3ccccc23)CC1C. The summed E-state index contributed by atoms with van der Waals surface area (Å²) in [4.78, 5) is 18.0. The van der Waals surface area contributed by atoms with Crippen molar-refractivity contribution in [1.82, 2.24) is 4.98 Å². The maximum atomic E-state index is 11.3. The van der Waals surface area contributed by atoms with Crippen LogP contribution in [0.1, 0.15) is 30.8 Å². The van der Waals surface area contributed by atoms with Gasteiger partial charge in [0.05, 0.1) is 0 Å². The fourth-order valence-corrected chi connectivity index (χ4v) is 2.99. The zero-order valence-electron chi connectivity index (χ0n) is 12.4. The third-order valence-corrected chi connectivity index (χ3v) is 4.57. The number of fused-ring (bicyclic) bond motifs is 1. The molecule has 0 spiro atoms. The van der Waals surface area contributed by atoms with Crippen molar-refractivity contribution in [3.05, 3.63) is 36.0 Å². The number of hydrogen-bond donors (Lipinski definition) is 1. The highest BCUT2D eigenvalue weighted by molar-refractivity contribution is 5.98. The van der Waals surface area contributed by atoms with Crippen LogP contribution in [0.4, 0.5) is 5.82 Å². The van der Waals surface area contributed by atoms with E-state index in [2.05, 4.69) is 23.7 Å². The second-order valence-electron chi connectivity index (χ2n) is 6.05. The summed E-state index contributed by atoms with van der Waals surface area (Å²) < 4.78 is 0. The third kappa shape index (κ3) is 2.58. The summed E-state index contributed by atoms with van der Waals surface area (Å²) in [6, 6.07) is 9.52. The summed E-state index contributed by atoms with van der Waals surface area (Å²) in [6.45, 7) is 6.40. The molecule has 1 aliphatic heterocycles. The van der Waals surface area contributed by atoms with E-state index in [0.717, 1.165) is 36.1 Å². The van der Waals surface area contributed by atoms with Crippen molar-refractivity contribution in [1.29, 1.82) is 0 Å². The van der Waals surface area contributed by atoms with Crippen molar-refractivity contribution in [3.8, 4) is 0 Å². The van der Waals surface area contributed by atoms with E-state index >= 15 is 0 Å². The molecule has 4 nitrogen and oxygen atoms in total. The lowest BCUT2D eigenvalue weighted by Gasteiger charge is -2.36. The molecule has 21 heavy (non-hydrogen) atoms. The molecule has 0 aliphatic carbocycles. The van der Waals surface area contributed by atoms with Crippen LogP contribution in [0.15, 0.2) is 30.3 Å². The molecule has 1 aromatic carbocycles. The fraction of sp³-hybridized carbons (Fsp3) is 0.412. The lowest BCUT2D eigenvalue weighted by molar-refractivity contribution is 0.0691. The van der Waals surface area contributed by atoms with Crippen molar-refractivity contribution >= 4 is 22.6 Å². The van der Waals surface area contributed by atoms with Gasteiger partial charge in [-0.15, -0.1) is 0 Å². The quantitative estimate of drug-likeness (QED) is 0.918. The monoisotopic (exact) mass is 284 g/mol. The molecular weight excluding hydrogens is 264 g/mol. The van der Waals surface area contributed by atoms with E-state index in [1.165, 1.54) is 0 Å². The molecule has 2 atom stereocenters. The zero-order valence-corrected chi connectivity index (χ0v) is 12.4. The molecule has 110 valence electrons. The number of pyridine rings is 1. The zero-order chi connectivity index (χ0) is 15.0. The predicted molar refractivity (Wildman–Crippen MR) is 83.9 cm³/mol. The van der Waals surface area contributed by atoms with Gasteiger partial charge in [-0.3, -0.25) is 0 Å². The molecule has 1 aromatic heterocycles. The van der Waals surface area contributed by atoms with Gasteiger partial charge in [-0.05, 0) is 29.7 Å². The molecule has 1 fully saturated rings. The number of carboxylic acid groups (broad SMARTS) is 1. The van der Waals surface area contributed by atoms with Gasteiger partial charge in [0.15, 0.2) is 5.69 Å². The molecule has 1 saturated heterocycles. The average molecular weight is 284 g/mol. The first-order chi connectivity index (χ1) is 10.1. The Morgan fingerprint density at radius 1 is 1.29 bits per heavy atom. The topological polar surface area (TPSA) is 53.4 Å². The van der Waals surface area contributed by atoms with E-state index in [4.69, 9.17) is 0 Å². The summed E-state index contributed by atoms with van der Waals surface area (Å²) in [6.07, 6.45) is 1.12. The van der Waals surface area contributed by atoms with Gasteiger partial charge in [-0.2, -0.15) is 0 Å².